The van der Waals surface area contributed by atoms with Gasteiger partial charge in [-0.2, -0.15) is 5.10 Å². The lowest BCUT2D eigenvalue weighted by atomic mass is 9.89. The second kappa shape index (κ2) is 8.63. The van der Waals surface area contributed by atoms with Crippen LogP contribution in [0.5, 0.6) is 5.75 Å². The number of ether oxygens (including phenoxy) is 1. The van der Waals surface area contributed by atoms with Gasteiger partial charge in [-0.15, -0.1) is 0 Å². The largest absolute Gasteiger partial charge is 0.497 e. The van der Waals surface area contributed by atoms with Crippen molar-refractivity contribution in [2.45, 2.75) is 63.8 Å². The molecule has 1 saturated heterocycles. The van der Waals surface area contributed by atoms with E-state index in [1.807, 2.05) is 22.9 Å². The van der Waals surface area contributed by atoms with Crippen molar-refractivity contribution in [3.63, 3.8) is 0 Å². The van der Waals surface area contributed by atoms with Crippen molar-refractivity contribution in [1.82, 2.24) is 19.6 Å². The van der Waals surface area contributed by atoms with Crippen molar-refractivity contribution in [2.24, 2.45) is 0 Å². The molecule has 1 amide bonds. The topological polar surface area (TPSA) is 70.8 Å². The molecule has 1 N–H and O–H groups in total. The van der Waals surface area contributed by atoms with Gasteiger partial charge < -0.3 is 14.7 Å². The SMILES string of the molecule is COc1cccc(Cn2nc(C(=O)N3CCC[C@@H](O)C3)c3c2CCN(C2CCC2)C3)c1. The molecule has 1 aromatic carbocycles. The third-order valence-electron chi connectivity index (χ3n) is 7.11. The first-order chi connectivity index (χ1) is 15.1. The van der Waals surface area contributed by atoms with Gasteiger partial charge in [0, 0.05) is 49.9 Å². The van der Waals surface area contributed by atoms with E-state index in [2.05, 4.69) is 11.0 Å². The zero-order valence-electron chi connectivity index (χ0n) is 18.3. The monoisotopic (exact) mass is 424 g/mol. The maximum atomic E-state index is 13.4. The molecule has 31 heavy (non-hydrogen) atoms. The summed E-state index contributed by atoms with van der Waals surface area (Å²) in [6.07, 6.45) is 5.91. The zero-order chi connectivity index (χ0) is 21.4. The number of aliphatic hydroxyl groups excluding tert-OH is 1. The van der Waals surface area contributed by atoms with E-state index in [1.165, 1.54) is 25.0 Å². The van der Waals surface area contributed by atoms with Crippen LogP contribution >= 0.6 is 0 Å². The Labute approximate surface area is 183 Å². The Morgan fingerprint density at radius 3 is 2.84 bits per heavy atom. The smallest absolute Gasteiger partial charge is 0.274 e. The van der Waals surface area contributed by atoms with E-state index in [4.69, 9.17) is 9.84 Å². The Kier molecular flexibility index (Phi) is 5.71. The summed E-state index contributed by atoms with van der Waals surface area (Å²) in [5.74, 6) is 0.795. The van der Waals surface area contributed by atoms with Crippen LogP contribution in [0.1, 0.15) is 59.4 Å². The van der Waals surface area contributed by atoms with E-state index >= 15 is 0 Å². The Morgan fingerprint density at radius 1 is 1.23 bits per heavy atom. The lowest BCUT2D eigenvalue weighted by Crippen LogP contribution is -2.45. The summed E-state index contributed by atoms with van der Waals surface area (Å²) >= 11 is 0. The van der Waals surface area contributed by atoms with Crippen molar-refractivity contribution in [3.05, 3.63) is 46.8 Å². The first-order valence-corrected chi connectivity index (χ1v) is 11.5. The minimum atomic E-state index is -0.432. The van der Waals surface area contributed by atoms with Crippen LogP contribution in [0, 0.1) is 0 Å². The second-order valence-corrected chi connectivity index (χ2v) is 9.14. The van der Waals surface area contributed by atoms with Gasteiger partial charge >= 0.3 is 0 Å². The Bertz CT molecular complexity index is 952. The van der Waals surface area contributed by atoms with Crippen molar-refractivity contribution in [1.29, 1.82) is 0 Å². The fourth-order valence-corrected chi connectivity index (χ4v) is 5.11. The molecule has 0 radical (unpaired) electrons. The third kappa shape index (κ3) is 4.08. The summed E-state index contributed by atoms with van der Waals surface area (Å²) in [7, 11) is 1.67. The first kappa shape index (κ1) is 20.5. The van der Waals surface area contributed by atoms with Crippen LogP contribution in [0.4, 0.5) is 0 Å². The summed E-state index contributed by atoms with van der Waals surface area (Å²) in [4.78, 5) is 17.8. The number of amides is 1. The lowest BCUT2D eigenvalue weighted by molar-refractivity contribution is 0.0464. The summed E-state index contributed by atoms with van der Waals surface area (Å²) in [6, 6.07) is 8.68. The lowest BCUT2D eigenvalue weighted by Gasteiger charge is -2.40. The maximum absolute atomic E-state index is 13.4. The number of carbonyl (C=O) groups excluding carboxylic acids is 1. The van der Waals surface area contributed by atoms with Crippen molar-refractivity contribution in [2.75, 3.05) is 26.7 Å². The number of benzene rings is 1. The Hall–Kier alpha value is -2.38. The van der Waals surface area contributed by atoms with Gasteiger partial charge in [0.05, 0.1) is 19.8 Å². The zero-order valence-corrected chi connectivity index (χ0v) is 18.3. The molecule has 7 nitrogen and oxygen atoms in total. The van der Waals surface area contributed by atoms with Crippen LogP contribution in [0.15, 0.2) is 24.3 Å². The highest BCUT2D eigenvalue weighted by atomic mass is 16.5. The number of carbonyl (C=O) groups is 1. The van der Waals surface area contributed by atoms with Crippen LogP contribution in [0.2, 0.25) is 0 Å². The molecular formula is C24H32N4O3. The summed E-state index contributed by atoms with van der Waals surface area (Å²) in [6.45, 7) is 3.55. The third-order valence-corrected chi connectivity index (χ3v) is 7.11. The average molecular weight is 425 g/mol. The maximum Gasteiger partial charge on any atom is 0.274 e. The quantitative estimate of drug-likeness (QED) is 0.798. The molecule has 1 saturated carbocycles. The normalized spacial score (nSPS) is 22.1. The number of likely N-dealkylation sites (tertiary alicyclic amines) is 1. The van der Waals surface area contributed by atoms with Gasteiger partial charge in [-0.25, -0.2) is 0 Å². The van der Waals surface area contributed by atoms with E-state index in [-0.39, 0.29) is 5.91 Å². The van der Waals surface area contributed by atoms with Crippen LogP contribution in [0.3, 0.4) is 0 Å². The number of fused-ring (bicyclic) bond motifs is 1. The highest BCUT2D eigenvalue weighted by molar-refractivity contribution is 5.94. The molecule has 2 aromatic rings. The molecule has 5 rings (SSSR count). The summed E-state index contributed by atoms with van der Waals surface area (Å²) < 4.78 is 7.40. The van der Waals surface area contributed by atoms with Crippen LogP contribution in [-0.4, -0.2) is 69.5 Å². The number of nitrogens with zero attached hydrogens (tertiary/aromatic N) is 4. The van der Waals surface area contributed by atoms with E-state index in [9.17, 15) is 9.90 Å². The molecule has 1 aliphatic carbocycles. The minimum Gasteiger partial charge on any atom is -0.497 e. The summed E-state index contributed by atoms with van der Waals surface area (Å²) in [5, 5.41) is 14.9. The molecule has 2 fully saturated rings. The highest BCUT2D eigenvalue weighted by Gasteiger charge is 2.35. The number of hydrogen-bond acceptors (Lipinski definition) is 5. The van der Waals surface area contributed by atoms with Gasteiger partial charge in [0.1, 0.15) is 5.75 Å². The van der Waals surface area contributed by atoms with Gasteiger partial charge in [0.15, 0.2) is 5.69 Å². The number of β-amino-alcohol motifs (C(OH)–C–C–N with tert-alkyl or cyclic N) is 1. The van der Waals surface area contributed by atoms with Crippen molar-refractivity contribution < 1.29 is 14.6 Å². The molecule has 3 aliphatic rings. The molecule has 3 heterocycles. The van der Waals surface area contributed by atoms with Crippen molar-refractivity contribution in [3.8, 4) is 5.75 Å². The van der Waals surface area contributed by atoms with Crippen molar-refractivity contribution >= 4 is 5.91 Å². The molecular weight excluding hydrogens is 392 g/mol. The van der Waals surface area contributed by atoms with Crippen LogP contribution in [-0.2, 0) is 19.5 Å². The van der Waals surface area contributed by atoms with Crippen LogP contribution < -0.4 is 4.74 Å². The molecule has 7 heteroatoms. The molecule has 0 bridgehead atoms. The Balaban J connectivity index is 1.46. The average Bonchev–Trinajstić information content (AvgIpc) is 3.10. The fourth-order valence-electron chi connectivity index (χ4n) is 5.11. The van der Waals surface area contributed by atoms with Gasteiger partial charge in [-0.05, 0) is 43.4 Å². The number of rotatable bonds is 5. The highest BCUT2D eigenvalue weighted by Crippen LogP contribution is 2.32. The van der Waals surface area contributed by atoms with Crippen LogP contribution in [0.25, 0.3) is 0 Å². The van der Waals surface area contributed by atoms with E-state index in [0.717, 1.165) is 49.2 Å². The van der Waals surface area contributed by atoms with Gasteiger partial charge in [0.2, 0.25) is 0 Å². The van der Waals surface area contributed by atoms with Gasteiger partial charge in [-0.1, -0.05) is 18.6 Å². The number of hydrogen-bond donors (Lipinski definition) is 1. The predicted octanol–water partition coefficient (Wildman–Crippen LogP) is 2.45. The molecule has 0 spiro atoms. The summed E-state index contributed by atoms with van der Waals surface area (Å²) in [5.41, 5.74) is 3.96. The minimum absolute atomic E-state index is 0.0325. The van der Waals surface area contributed by atoms with Gasteiger partial charge in [0.25, 0.3) is 5.91 Å². The standard InChI is InChI=1S/C24H32N4O3/c1-31-20-9-2-5-17(13-20)14-28-22-10-12-26(18-6-3-7-18)16-21(22)23(25-28)24(30)27-11-4-8-19(29)15-27/h2,5,9,13,18-19,29H,3-4,6-8,10-12,14-16H2,1H3/t19-/m1/s1. The number of methoxy groups -OCH3 is 1. The van der Waals surface area contributed by atoms with E-state index in [1.54, 1.807) is 12.0 Å². The molecule has 1 atom stereocenters. The number of aliphatic hydroxyl groups is 1. The molecule has 1 aromatic heterocycles. The Morgan fingerprint density at radius 2 is 2.10 bits per heavy atom. The van der Waals surface area contributed by atoms with E-state index < -0.39 is 6.10 Å². The van der Waals surface area contributed by atoms with Gasteiger partial charge in [-0.3, -0.25) is 14.4 Å². The predicted molar refractivity (Wildman–Crippen MR) is 117 cm³/mol. The number of aromatic nitrogens is 2. The molecule has 0 unspecified atom stereocenters. The fraction of sp³-hybridized carbons (Fsp3) is 0.583. The molecule has 2 aliphatic heterocycles. The number of piperidine rings is 1. The van der Waals surface area contributed by atoms with E-state index in [0.29, 0.717) is 31.4 Å². The second-order valence-electron chi connectivity index (χ2n) is 9.14. The molecule has 166 valence electrons. The first-order valence-electron chi connectivity index (χ1n) is 11.5.